The Hall–Kier alpha value is -0.160. The molecule has 0 aliphatic carbocycles. The summed E-state index contributed by atoms with van der Waals surface area (Å²) in [7, 11) is 1.76. The zero-order valence-electron chi connectivity index (χ0n) is 11.7. The summed E-state index contributed by atoms with van der Waals surface area (Å²) in [5, 5.41) is 3.50. The van der Waals surface area contributed by atoms with Crippen molar-refractivity contribution in [2.75, 3.05) is 53.1 Å². The zero-order valence-corrected chi connectivity index (χ0v) is 11.7. The van der Waals surface area contributed by atoms with Crippen molar-refractivity contribution in [1.29, 1.82) is 0 Å². The Labute approximate surface area is 111 Å². The van der Waals surface area contributed by atoms with E-state index in [0.29, 0.717) is 0 Å². The fourth-order valence-electron chi connectivity index (χ4n) is 3.07. The summed E-state index contributed by atoms with van der Waals surface area (Å²) >= 11 is 0. The van der Waals surface area contributed by atoms with Crippen molar-refractivity contribution < 1.29 is 9.47 Å². The maximum absolute atomic E-state index is 5.44. The van der Waals surface area contributed by atoms with Crippen molar-refractivity contribution in [3.63, 3.8) is 0 Å². The minimum Gasteiger partial charge on any atom is -0.383 e. The van der Waals surface area contributed by atoms with Crippen LogP contribution in [0.15, 0.2) is 0 Å². The van der Waals surface area contributed by atoms with Crippen LogP contribution in [0.2, 0.25) is 0 Å². The van der Waals surface area contributed by atoms with Crippen LogP contribution in [0.1, 0.15) is 25.7 Å². The predicted octanol–water partition coefficient (Wildman–Crippen LogP) is 1.11. The van der Waals surface area contributed by atoms with Crippen LogP contribution in [0.5, 0.6) is 0 Å². The van der Waals surface area contributed by atoms with Crippen LogP contribution in [-0.2, 0) is 9.47 Å². The average Bonchev–Trinajstić information content (AvgIpc) is 2.83. The maximum atomic E-state index is 5.44. The quantitative estimate of drug-likeness (QED) is 0.692. The van der Waals surface area contributed by atoms with E-state index in [1.54, 1.807) is 7.11 Å². The van der Waals surface area contributed by atoms with Crippen LogP contribution in [0.25, 0.3) is 0 Å². The molecule has 0 aromatic carbocycles. The summed E-state index contributed by atoms with van der Waals surface area (Å²) in [6.45, 7) is 7.40. The monoisotopic (exact) mass is 256 g/mol. The minimum absolute atomic E-state index is 0.740. The van der Waals surface area contributed by atoms with Crippen LogP contribution in [-0.4, -0.2) is 64.1 Å². The Morgan fingerprint density at radius 1 is 1.28 bits per heavy atom. The lowest BCUT2D eigenvalue weighted by Crippen LogP contribution is -2.41. The van der Waals surface area contributed by atoms with Crippen LogP contribution in [0.3, 0.4) is 0 Å². The molecule has 4 nitrogen and oxygen atoms in total. The molecule has 0 amide bonds. The summed E-state index contributed by atoms with van der Waals surface area (Å²) in [4.78, 5) is 2.69. The van der Waals surface area contributed by atoms with Gasteiger partial charge in [-0.2, -0.15) is 0 Å². The van der Waals surface area contributed by atoms with Gasteiger partial charge in [-0.1, -0.05) is 0 Å². The summed E-state index contributed by atoms with van der Waals surface area (Å²) < 4.78 is 10.5. The highest BCUT2D eigenvalue weighted by atomic mass is 16.5. The van der Waals surface area contributed by atoms with Gasteiger partial charge >= 0.3 is 0 Å². The van der Waals surface area contributed by atoms with Crippen molar-refractivity contribution in [2.45, 2.75) is 31.7 Å². The number of nitrogens with zero attached hydrogens (tertiary/aromatic N) is 1. The fourth-order valence-corrected chi connectivity index (χ4v) is 3.07. The molecule has 0 aromatic rings. The molecule has 2 saturated heterocycles. The predicted molar refractivity (Wildman–Crippen MR) is 72.9 cm³/mol. The molecule has 0 spiro atoms. The Morgan fingerprint density at radius 2 is 2.11 bits per heavy atom. The third-order valence-corrected chi connectivity index (χ3v) is 4.20. The Balaban J connectivity index is 1.66. The number of hydrogen-bond acceptors (Lipinski definition) is 4. The van der Waals surface area contributed by atoms with E-state index in [0.717, 1.165) is 44.9 Å². The summed E-state index contributed by atoms with van der Waals surface area (Å²) in [6, 6.07) is 0.740. The van der Waals surface area contributed by atoms with E-state index in [1.807, 2.05) is 0 Å². The highest BCUT2D eigenvalue weighted by Gasteiger charge is 2.27. The number of rotatable bonds is 7. The third kappa shape index (κ3) is 4.50. The van der Waals surface area contributed by atoms with Crippen molar-refractivity contribution in [3.05, 3.63) is 0 Å². The molecule has 0 radical (unpaired) electrons. The molecule has 0 aromatic heterocycles. The second-order valence-electron chi connectivity index (χ2n) is 5.54. The van der Waals surface area contributed by atoms with E-state index < -0.39 is 0 Å². The van der Waals surface area contributed by atoms with Gasteiger partial charge in [-0.05, 0) is 38.1 Å². The van der Waals surface area contributed by atoms with Crippen LogP contribution in [0, 0.1) is 5.92 Å². The van der Waals surface area contributed by atoms with E-state index in [4.69, 9.17) is 9.47 Å². The molecule has 2 fully saturated rings. The molecule has 2 aliphatic rings. The second-order valence-corrected chi connectivity index (χ2v) is 5.54. The topological polar surface area (TPSA) is 33.7 Å². The van der Waals surface area contributed by atoms with E-state index >= 15 is 0 Å². The van der Waals surface area contributed by atoms with Crippen molar-refractivity contribution in [1.82, 2.24) is 10.2 Å². The Morgan fingerprint density at radius 3 is 2.89 bits per heavy atom. The highest BCUT2D eigenvalue weighted by molar-refractivity contribution is 4.83. The van der Waals surface area contributed by atoms with Gasteiger partial charge in [0.05, 0.1) is 6.61 Å². The lowest BCUT2D eigenvalue weighted by Gasteiger charge is -2.31. The molecule has 2 heterocycles. The van der Waals surface area contributed by atoms with Gasteiger partial charge < -0.3 is 14.8 Å². The van der Waals surface area contributed by atoms with E-state index in [-0.39, 0.29) is 0 Å². The van der Waals surface area contributed by atoms with Crippen LogP contribution >= 0.6 is 0 Å². The van der Waals surface area contributed by atoms with Gasteiger partial charge in [0.1, 0.15) is 0 Å². The smallest absolute Gasteiger partial charge is 0.0587 e. The molecule has 0 saturated carbocycles. The van der Waals surface area contributed by atoms with Crippen molar-refractivity contribution in [2.24, 2.45) is 5.92 Å². The molecule has 1 atom stereocenters. The Bertz CT molecular complexity index is 220. The normalized spacial score (nSPS) is 26.8. The first kappa shape index (κ1) is 14.3. The second kappa shape index (κ2) is 8.10. The van der Waals surface area contributed by atoms with E-state index in [9.17, 15) is 0 Å². The van der Waals surface area contributed by atoms with Crippen molar-refractivity contribution >= 4 is 0 Å². The highest BCUT2D eigenvalue weighted by Crippen LogP contribution is 2.22. The number of methoxy groups -OCH3 is 1. The number of likely N-dealkylation sites (tertiary alicyclic amines) is 1. The minimum atomic E-state index is 0.740. The summed E-state index contributed by atoms with van der Waals surface area (Å²) in [5.74, 6) is 0.860. The van der Waals surface area contributed by atoms with E-state index in [1.165, 1.54) is 38.8 Å². The van der Waals surface area contributed by atoms with Gasteiger partial charge in [0.2, 0.25) is 0 Å². The number of nitrogens with one attached hydrogen (secondary N) is 1. The third-order valence-electron chi connectivity index (χ3n) is 4.20. The Kier molecular flexibility index (Phi) is 6.41. The summed E-state index contributed by atoms with van der Waals surface area (Å²) in [5.41, 5.74) is 0. The fraction of sp³-hybridized carbons (Fsp3) is 1.00. The number of ether oxygens (including phenoxy) is 2. The van der Waals surface area contributed by atoms with E-state index in [2.05, 4.69) is 10.2 Å². The van der Waals surface area contributed by atoms with Crippen LogP contribution < -0.4 is 5.32 Å². The van der Waals surface area contributed by atoms with Gasteiger partial charge in [0, 0.05) is 46.0 Å². The molecule has 1 N–H and O–H groups in total. The molecule has 1 unspecified atom stereocenters. The van der Waals surface area contributed by atoms with Crippen molar-refractivity contribution in [3.8, 4) is 0 Å². The molecule has 106 valence electrons. The zero-order chi connectivity index (χ0) is 12.6. The largest absolute Gasteiger partial charge is 0.383 e. The molecule has 0 bridgehead atoms. The SMILES string of the molecule is COCCNCC1CCCN1CC1CCOCC1. The number of hydrogen-bond donors (Lipinski definition) is 1. The first-order valence-corrected chi connectivity index (χ1v) is 7.41. The van der Waals surface area contributed by atoms with Gasteiger partial charge in [0.15, 0.2) is 0 Å². The first-order chi connectivity index (χ1) is 8.90. The van der Waals surface area contributed by atoms with Gasteiger partial charge in [-0.25, -0.2) is 0 Å². The molecule has 18 heavy (non-hydrogen) atoms. The molecule has 4 heteroatoms. The molecular formula is C14H28N2O2. The van der Waals surface area contributed by atoms with Gasteiger partial charge in [-0.15, -0.1) is 0 Å². The average molecular weight is 256 g/mol. The van der Waals surface area contributed by atoms with Gasteiger partial charge in [-0.3, -0.25) is 4.90 Å². The molecular weight excluding hydrogens is 228 g/mol. The molecule has 2 rings (SSSR count). The van der Waals surface area contributed by atoms with Gasteiger partial charge in [0.25, 0.3) is 0 Å². The first-order valence-electron chi connectivity index (χ1n) is 7.41. The standard InChI is InChI=1S/C14H28N2O2/c1-17-10-6-15-11-14-3-2-7-16(14)12-13-4-8-18-9-5-13/h13-15H,2-12H2,1H3. The van der Waals surface area contributed by atoms with Crippen LogP contribution in [0.4, 0.5) is 0 Å². The maximum Gasteiger partial charge on any atom is 0.0587 e. The lowest BCUT2D eigenvalue weighted by atomic mass is 9.99. The summed E-state index contributed by atoms with van der Waals surface area (Å²) in [6.07, 6.45) is 5.21. The molecule has 2 aliphatic heterocycles. The lowest BCUT2D eigenvalue weighted by molar-refractivity contribution is 0.0506.